The van der Waals surface area contributed by atoms with Crippen LogP contribution in [0.3, 0.4) is 0 Å². The van der Waals surface area contributed by atoms with E-state index in [1.54, 1.807) is 0 Å². The fraction of sp³-hybridized carbons (Fsp3) is 0.250. The van der Waals surface area contributed by atoms with Crippen LogP contribution in [0.15, 0.2) is 29.8 Å². The summed E-state index contributed by atoms with van der Waals surface area (Å²) < 4.78 is 0. The third-order valence-electron chi connectivity index (χ3n) is 3.52. The van der Waals surface area contributed by atoms with Gasteiger partial charge < -0.3 is 0 Å². The summed E-state index contributed by atoms with van der Waals surface area (Å²) in [6.07, 6.45) is 3.48. The number of fused-ring (bicyclic) bond motifs is 3. The first kappa shape index (κ1) is 9.65. The second-order valence-corrected chi connectivity index (χ2v) is 4.98. The fourth-order valence-corrected chi connectivity index (χ4v) is 2.70. The molecule has 0 N–H and O–H groups in total. The molecule has 0 nitrogen and oxygen atoms in total. The lowest BCUT2D eigenvalue weighted by Gasteiger charge is -2.09. The highest BCUT2D eigenvalue weighted by atomic mass is 14.2. The molecule has 0 fully saturated rings. The highest BCUT2D eigenvalue weighted by Gasteiger charge is 2.15. The van der Waals surface area contributed by atoms with Gasteiger partial charge in [-0.3, -0.25) is 0 Å². The summed E-state index contributed by atoms with van der Waals surface area (Å²) in [5, 5.41) is 2.78. The summed E-state index contributed by atoms with van der Waals surface area (Å²) in [6, 6.07) is 9.06. The first-order chi connectivity index (χ1) is 7.65. The van der Waals surface area contributed by atoms with Crippen LogP contribution in [-0.2, 0) is 6.42 Å². The van der Waals surface area contributed by atoms with Crippen LogP contribution in [0.5, 0.6) is 0 Å². The van der Waals surface area contributed by atoms with Crippen molar-refractivity contribution >= 4 is 16.8 Å². The smallest absolute Gasteiger partial charge is 0.00577 e. The quantitative estimate of drug-likeness (QED) is 0.601. The molecule has 2 aromatic rings. The monoisotopic (exact) mass is 208 g/mol. The number of hydrogen-bond acceptors (Lipinski definition) is 0. The summed E-state index contributed by atoms with van der Waals surface area (Å²) in [6.45, 7) is 6.61. The molecule has 3 rings (SSSR count). The third kappa shape index (κ3) is 1.30. The van der Waals surface area contributed by atoms with Gasteiger partial charge in [-0.15, -0.1) is 0 Å². The predicted molar refractivity (Wildman–Crippen MR) is 70.8 cm³/mol. The molecule has 0 heterocycles. The third-order valence-corrected chi connectivity index (χ3v) is 3.52. The van der Waals surface area contributed by atoms with Gasteiger partial charge in [0.05, 0.1) is 0 Å². The van der Waals surface area contributed by atoms with Gasteiger partial charge in [0.2, 0.25) is 0 Å². The van der Waals surface area contributed by atoms with E-state index in [0.717, 1.165) is 6.42 Å². The second-order valence-electron chi connectivity index (χ2n) is 4.98. The molecule has 0 spiro atoms. The van der Waals surface area contributed by atoms with Crippen molar-refractivity contribution in [1.82, 2.24) is 0 Å². The van der Waals surface area contributed by atoms with Crippen molar-refractivity contribution in [2.24, 2.45) is 0 Å². The van der Waals surface area contributed by atoms with E-state index in [9.17, 15) is 0 Å². The largest absolute Gasteiger partial charge is 0.0683 e. The lowest BCUT2D eigenvalue weighted by Crippen LogP contribution is -1.90. The zero-order valence-electron chi connectivity index (χ0n) is 10.1. The van der Waals surface area contributed by atoms with Crippen molar-refractivity contribution in [3.05, 3.63) is 52.1 Å². The number of aryl methyl sites for hydroxylation is 2. The Labute approximate surface area is 96.6 Å². The summed E-state index contributed by atoms with van der Waals surface area (Å²) in [7, 11) is 0. The minimum Gasteiger partial charge on any atom is -0.0683 e. The van der Waals surface area contributed by atoms with Crippen LogP contribution < -0.4 is 0 Å². The summed E-state index contributed by atoms with van der Waals surface area (Å²) >= 11 is 0. The molecule has 0 amide bonds. The molecular weight excluding hydrogens is 192 g/mol. The summed E-state index contributed by atoms with van der Waals surface area (Å²) in [5.74, 6) is 0. The Morgan fingerprint density at radius 2 is 1.81 bits per heavy atom. The molecule has 16 heavy (non-hydrogen) atoms. The number of allylic oxidation sites excluding steroid dienone is 1. The van der Waals surface area contributed by atoms with Gasteiger partial charge in [-0.2, -0.15) is 0 Å². The van der Waals surface area contributed by atoms with E-state index in [4.69, 9.17) is 0 Å². The predicted octanol–water partition coefficient (Wildman–Crippen LogP) is 4.42. The van der Waals surface area contributed by atoms with Crippen LogP contribution >= 0.6 is 0 Å². The number of benzene rings is 2. The normalized spacial score (nSPS) is 14.1. The van der Waals surface area contributed by atoms with Crippen LogP contribution in [0.2, 0.25) is 0 Å². The maximum Gasteiger partial charge on any atom is -0.00577 e. The Kier molecular flexibility index (Phi) is 1.94. The molecule has 0 atom stereocenters. The highest BCUT2D eigenvalue weighted by Crippen LogP contribution is 2.34. The maximum atomic E-state index is 2.35. The fourth-order valence-electron chi connectivity index (χ4n) is 2.70. The van der Waals surface area contributed by atoms with Crippen molar-refractivity contribution in [3.8, 4) is 0 Å². The van der Waals surface area contributed by atoms with E-state index >= 15 is 0 Å². The lowest BCUT2D eigenvalue weighted by molar-refractivity contribution is 1.17. The van der Waals surface area contributed by atoms with Crippen molar-refractivity contribution in [1.29, 1.82) is 0 Å². The average Bonchev–Trinajstić information content (AvgIpc) is 2.62. The van der Waals surface area contributed by atoms with Crippen LogP contribution in [0, 0.1) is 13.8 Å². The molecule has 0 unspecified atom stereocenters. The topological polar surface area (TPSA) is 0 Å². The lowest BCUT2D eigenvalue weighted by atomic mass is 9.95. The minimum atomic E-state index is 1.13. The highest BCUT2D eigenvalue weighted by molar-refractivity contribution is 5.95. The minimum absolute atomic E-state index is 1.13. The summed E-state index contributed by atoms with van der Waals surface area (Å²) in [4.78, 5) is 0. The number of rotatable bonds is 0. The van der Waals surface area contributed by atoms with Crippen molar-refractivity contribution in [2.75, 3.05) is 0 Å². The summed E-state index contributed by atoms with van der Waals surface area (Å²) in [5.41, 5.74) is 7.23. The van der Waals surface area contributed by atoms with E-state index in [0.29, 0.717) is 0 Å². The van der Waals surface area contributed by atoms with Crippen molar-refractivity contribution in [3.63, 3.8) is 0 Å². The zero-order chi connectivity index (χ0) is 11.3. The Morgan fingerprint density at radius 3 is 2.62 bits per heavy atom. The Morgan fingerprint density at radius 1 is 1.00 bits per heavy atom. The van der Waals surface area contributed by atoms with E-state index in [1.165, 1.54) is 38.6 Å². The molecule has 0 heteroatoms. The molecule has 0 saturated heterocycles. The molecule has 80 valence electrons. The molecule has 1 aliphatic rings. The van der Waals surface area contributed by atoms with Gasteiger partial charge in [-0.1, -0.05) is 41.5 Å². The van der Waals surface area contributed by atoms with Gasteiger partial charge in [0.25, 0.3) is 0 Å². The average molecular weight is 208 g/mol. The molecule has 0 radical (unpaired) electrons. The maximum absolute atomic E-state index is 2.35. The van der Waals surface area contributed by atoms with Crippen LogP contribution in [0.1, 0.15) is 29.2 Å². The first-order valence-electron chi connectivity index (χ1n) is 5.85. The standard InChI is InChI=1S/C16H16/c1-10-4-5-13-9-12(3)14-7-11(2)8-16(14)15(13)6-10/h4-6,8-9H,7H2,1-3H3. The van der Waals surface area contributed by atoms with Crippen LogP contribution in [0.25, 0.3) is 16.8 Å². The van der Waals surface area contributed by atoms with Crippen LogP contribution in [-0.4, -0.2) is 0 Å². The Balaban J connectivity index is 2.45. The van der Waals surface area contributed by atoms with Gasteiger partial charge in [0, 0.05) is 0 Å². The van der Waals surface area contributed by atoms with Gasteiger partial charge in [-0.25, -0.2) is 0 Å². The van der Waals surface area contributed by atoms with Crippen molar-refractivity contribution < 1.29 is 0 Å². The van der Waals surface area contributed by atoms with Gasteiger partial charge in [0.15, 0.2) is 0 Å². The molecule has 0 bridgehead atoms. The van der Waals surface area contributed by atoms with Crippen LogP contribution in [0.4, 0.5) is 0 Å². The number of hydrogen-bond donors (Lipinski definition) is 0. The SMILES string of the molecule is CC1=Cc2c(c(C)cc3ccc(C)cc23)C1. The van der Waals surface area contributed by atoms with Crippen molar-refractivity contribution in [2.45, 2.75) is 27.2 Å². The van der Waals surface area contributed by atoms with E-state index in [1.807, 2.05) is 0 Å². The molecule has 0 saturated carbocycles. The molecular formula is C16H16. The van der Waals surface area contributed by atoms with E-state index < -0.39 is 0 Å². The molecule has 2 aromatic carbocycles. The van der Waals surface area contributed by atoms with E-state index in [-0.39, 0.29) is 0 Å². The van der Waals surface area contributed by atoms with Gasteiger partial charge >= 0.3 is 0 Å². The van der Waals surface area contributed by atoms with E-state index in [2.05, 4.69) is 51.1 Å². The first-order valence-corrected chi connectivity index (χ1v) is 5.85. The second kappa shape index (κ2) is 3.21. The van der Waals surface area contributed by atoms with Gasteiger partial charge in [0.1, 0.15) is 0 Å². The Bertz CT molecular complexity index is 615. The molecule has 0 aromatic heterocycles. The zero-order valence-corrected chi connectivity index (χ0v) is 10.1. The molecule has 0 aliphatic heterocycles. The Hall–Kier alpha value is -1.56. The molecule has 1 aliphatic carbocycles. The van der Waals surface area contributed by atoms with Gasteiger partial charge in [-0.05, 0) is 54.7 Å².